The zero-order chi connectivity index (χ0) is 17.1. The summed E-state index contributed by atoms with van der Waals surface area (Å²) in [7, 11) is 0. The van der Waals surface area contributed by atoms with E-state index in [4.69, 9.17) is 0 Å². The molecule has 3 heterocycles. The molecule has 138 valence electrons. The highest BCUT2D eigenvalue weighted by Crippen LogP contribution is 2.39. The number of aromatic nitrogens is 2. The molecule has 1 saturated carbocycles. The van der Waals surface area contributed by atoms with E-state index in [1.807, 2.05) is 4.90 Å². The minimum atomic E-state index is 0.119. The Bertz CT molecular complexity index is 566. The minimum Gasteiger partial charge on any atom is -0.341 e. The number of carbonyl (C=O) groups excluding carboxylic acids is 1. The first-order valence-electron chi connectivity index (χ1n) is 10.2. The van der Waals surface area contributed by atoms with E-state index in [2.05, 4.69) is 14.9 Å². The van der Waals surface area contributed by atoms with Gasteiger partial charge >= 0.3 is 0 Å². The van der Waals surface area contributed by atoms with Crippen LogP contribution in [0.3, 0.4) is 0 Å². The molecular formula is C20H32N4O. The number of hydrogen-bond acceptors (Lipinski definition) is 3. The lowest BCUT2D eigenvalue weighted by Gasteiger charge is -2.41. The van der Waals surface area contributed by atoms with Crippen LogP contribution in [0.5, 0.6) is 0 Å². The molecule has 1 atom stereocenters. The van der Waals surface area contributed by atoms with Crippen molar-refractivity contribution in [2.24, 2.45) is 11.3 Å². The number of likely N-dealkylation sites (tertiary alicyclic amines) is 2. The summed E-state index contributed by atoms with van der Waals surface area (Å²) in [6.07, 6.45) is 15.6. The van der Waals surface area contributed by atoms with Crippen LogP contribution in [0, 0.1) is 11.3 Å². The number of piperidine rings is 1. The van der Waals surface area contributed by atoms with Gasteiger partial charge in [-0.25, -0.2) is 4.98 Å². The Balaban J connectivity index is 1.30. The molecule has 0 radical (unpaired) electrons. The van der Waals surface area contributed by atoms with Gasteiger partial charge in [-0.1, -0.05) is 32.1 Å². The molecule has 4 rings (SSSR count). The van der Waals surface area contributed by atoms with Crippen molar-refractivity contribution < 1.29 is 4.79 Å². The fourth-order valence-electron chi connectivity index (χ4n) is 5.33. The Morgan fingerprint density at radius 3 is 2.84 bits per heavy atom. The summed E-state index contributed by atoms with van der Waals surface area (Å²) in [4.78, 5) is 24.3. The second kappa shape index (κ2) is 7.48. The summed E-state index contributed by atoms with van der Waals surface area (Å²) in [5.74, 6) is 1.09. The van der Waals surface area contributed by atoms with Gasteiger partial charge in [0.05, 0.1) is 12.5 Å². The molecule has 1 aromatic rings. The normalized spacial score (nSPS) is 28.7. The number of rotatable bonds is 4. The molecule has 1 aromatic heterocycles. The Kier molecular flexibility index (Phi) is 5.11. The monoisotopic (exact) mass is 344 g/mol. The van der Waals surface area contributed by atoms with Gasteiger partial charge in [-0.3, -0.25) is 4.79 Å². The van der Waals surface area contributed by atoms with E-state index in [9.17, 15) is 4.79 Å². The summed E-state index contributed by atoms with van der Waals surface area (Å²) in [6, 6.07) is 0. The lowest BCUT2D eigenvalue weighted by Crippen LogP contribution is -2.45. The maximum Gasteiger partial charge on any atom is 0.271 e. The van der Waals surface area contributed by atoms with Crippen LogP contribution in [-0.4, -0.2) is 58.4 Å². The Hall–Kier alpha value is -1.36. The molecule has 0 bridgehead atoms. The van der Waals surface area contributed by atoms with Crippen LogP contribution < -0.4 is 0 Å². The fourth-order valence-corrected chi connectivity index (χ4v) is 5.33. The second-order valence-electron chi connectivity index (χ2n) is 8.61. The molecule has 0 unspecified atom stereocenters. The third-order valence-corrected chi connectivity index (χ3v) is 6.77. The lowest BCUT2D eigenvalue weighted by atomic mass is 9.79. The topological polar surface area (TPSA) is 52.2 Å². The molecule has 0 aromatic carbocycles. The number of H-pyrrole nitrogens is 1. The van der Waals surface area contributed by atoms with E-state index in [0.717, 1.165) is 25.4 Å². The Morgan fingerprint density at radius 2 is 2.04 bits per heavy atom. The molecular weight excluding hydrogens is 312 g/mol. The van der Waals surface area contributed by atoms with Crippen molar-refractivity contribution >= 4 is 5.91 Å². The highest BCUT2D eigenvalue weighted by atomic mass is 16.2. The minimum absolute atomic E-state index is 0.119. The molecule has 1 aliphatic carbocycles. The summed E-state index contributed by atoms with van der Waals surface area (Å²) in [5, 5.41) is 0. The van der Waals surface area contributed by atoms with Gasteiger partial charge < -0.3 is 14.8 Å². The molecule has 5 nitrogen and oxygen atoms in total. The smallest absolute Gasteiger partial charge is 0.271 e. The average molecular weight is 345 g/mol. The summed E-state index contributed by atoms with van der Waals surface area (Å²) in [6.45, 7) is 5.52. The van der Waals surface area contributed by atoms with Crippen LogP contribution in [-0.2, 0) is 0 Å². The van der Waals surface area contributed by atoms with Crippen molar-refractivity contribution in [2.45, 2.75) is 57.8 Å². The van der Waals surface area contributed by atoms with Crippen molar-refractivity contribution in [3.05, 3.63) is 18.2 Å². The van der Waals surface area contributed by atoms with Crippen LogP contribution in [0.1, 0.15) is 68.3 Å². The Morgan fingerprint density at radius 1 is 1.16 bits per heavy atom. The third-order valence-electron chi connectivity index (χ3n) is 6.77. The van der Waals surface area contributed by atoms with Crippen molar-refractivity contribution in [3.8, 4) is 0 Å². The van der Waals surface area contributed by atoms with Gasteiger partial charge in [0.1, 0.15) is 5.69 Å². The standard InChI is InChI=1S/C20H32N4O/c25-19(18-13-21-16-22-18)24-12-9-20(15-24)8-4-10-23(14-20)11-7-17-5-2-1-3-6-17/h13,16-17H,1-12,14-15H2,(H,21,22)/t20-/m1/s1. The van der Waals surface area contributed by atoms with Crippen molar-refractivity contribution in [1.82, 2.24) is 19.8 Å². The van der Waals surface area contributed by atoms with E-state index in [1.54, 1.807) is 12.5 Å². The molecule has 2 aliphatic heterocycles. The predicted octanol–water partition coefficient (Wildman–Crippen LogP) is 3.31. The van der Waals surface area contributed by atoms with Crippen LogP contribution in [0.4, 0.5) is 0 Å². The first-order valence-corrected chi connectivity index (χ1v) is 10.2. The predicted molar refractivity (Wildman–Crippen MR) is 98.4 cm³/mol. The SMILES string of the molecule is O=C(c1cnc[nH]1)N1CC[C@@]2(CCCN(CCC3CCCCC3)C2)C1. The molecule has 1 amide bonds. The van der Waals surface area contributed by atoms with Crippen LogP contribution in [0.2, 0.25) is 0 Å². The number of aromatic amines is 1. The zero-order valence-corrected chi connectivity index (χ0v) is 15.4. The first-order chi connectivity index (χ1) is 12.2. The van der Waals surface area contributed by atoms with E-state index in [1.165, 1.54) is 71.0 Å². The van der Waals surface area contributed by atoms with Crippen molar-refractivity contribution in [2.75, 3.05) is 32.7 Å². The number of amides is 1. The van der Waals surface area contributed by atoms with E-state index in [-0.39, 0.29) is 5.91 Å². The number of imidazole rings is 1. The maximum absolute atomic E-state index is 12.6. The van der Waals surface area contributed by atoms with E-state index < -0.39 is 0 Å². The zero-order valence-electron chi connectivity index (χ0n) is 15.4. The molecule has 3 fully saturated rings. The molecule has 25 heavy (non-hydrogen) atoms. The van der Waals surface area contributed by atoms with Crippen LogP contribution >= 0.6 is 0 Å². The van der Waals surface area contributed by atoms with Gasteiger partial charge in [0.2, 0.25) is 0 Å². The number of carbonyl (C=O) groups is 1. The van der Waals surface area contributed by atoms with Crippen molar-refractivity contribution in [1.29, 1.82) is 0 Å². The highest BCUT2D eigenvalue weighted by Gasteiger charge is 2.43. The van der Waals surface area contributed by atoms with Crippen LogP contribution in [0.15, 0.2) is 12.5 Å². The first kappa shape index (κ1) is 17.1. The van der Waals surface area contributed by atoms with Crippen molar-refractivity contribution in [3.63, 3.8) is 0 Å². The third kappa shape index (κ3) is 3.91. The largest absolute Gasteiger partial charge is 0.341 e. The molecule has 3 aliphatic rings. The van der Waals surface area contributed by atoms with E-state index >= 15 is 0 Å². The lowest BCUT2D eigenvalue weighted by molar-refractivity contribution is 0.0670. The average Bonchev–Trinajstić information content (AvgIpc) is 3.31. The van der Waals surface area contributed by atoms with Gasteiger partial charge in [-0.15, -0.1) is 0 Å². The van der Waals surface area contributed by atoms with Gasteiger partial charge in [-0.05, 0) is 44.7 Å². The number of nitrogens with one attached hydrogen (secondary N) is 1. The van der Waals surface area contributed by atoms with Crippen LogP contribution in [0.25, 0.3) is 0 Å². The van der Waals surface area contributed by atoms with Gasteiger partial charge in [0, 0.05) is 25.0 Å². The van der Waals surface area contributed by atoms with E-state index in [0.29, 0.717) is 11.1 Å². The number of nitrogens with zero attached hydrogens (tertiary/aromatic N) is 3. The summed E-state index contributed by atoms with van der Waals surface area (Å²) < 4.78 is 0. The van der Waals surface area contributed by atoms with Gasteiger partial charge in [0.25, 0.3) is 5.91 Å². The molecule has 1 N–H and O–H groups in total. The molecule has 5 heteroatoms. The van der Waals surface area contributed by atoms with Gasteiger partial charge in [0.15, 0.2) is 0 Å². The highest BCUT2D eigenvalue weighted by molar-refractivity contribution is 5.92. The summed E-state index contributed by atoms with van der Waals surface area (Å²) in [5.41, 5.74) is 0.961. The quantitative estimate of drug-likeness (QED) is 0.912. The summed E-state index contributed by atoms with van der Waals surface area (Å²) >= 11 is 0. The fraction of sp³-hybridized carbons (Fsp3) is 0.800. The van der Waals surface area contributed by atoms with Gasteiger partial charge in [-0.2, -0.15) is 0 Å². The Labute approximate surface area is 151 Å². The molecule has 2 saturated heterocycles. The molecule has 1 spiro atoms. The second-order valence-corrected chi connectivity index (χ2v) is 8.61. The maximum atomic E-state index is 12.6. The number of hydrogen-bond donors (Lipinski definition) is 1.